The van der Waals surface area contributed by atoms with Crippen molar-refractivity contribution in [3.63, 3.8) is 0 Å². The van der Waals surface area contributed by atoms with Crippen molar-refractivity contribution in [3.05, 3.63) is 99.6 Å². The molecule has 2 aromatic carbocycles. The van der Waals surface area contributed by atoms with Crippen LogP contribution in [0.15, 0.2) is 81.3 Å². The maximum atomic E-state index is 12.7. The highest BCUT2D eigenvalue weighted by atomic mass is 16.4. The molecule has 0 fully saturated rings. The Balaban J connectivity index is 1.33. The lowest BCUT2D eigenvalue weighted by atomic mass is 10.0. The molecule has 0 atom stereocenters. The lowest BCUT2D eigenvalue weighted by Gasteiger charge is -2.05. The lowest BCUT2D eigenvalue weighted by molar-refractivity contribution is 0.434. The number of aromatic nitrogens is 6. The second-order valence-electron chi connectivity index (χ2n) is 7.51. The molecule has 0 unspecified atom stereocenters. The molecule has 0 saturated carbocycles. The fourth-order valence-electron chi connectivity index (χ4n) is 3.66. The van der Waals surface area contributed by atoms with Crippen LogP contribution < -0.4 is 11.3 Å². The van der Waals surface area contributed by atoms with Crippen LogP contribution in [0, 0.1) is 0 Å². The molecule has 0 bridgehead atoms. The van der Waals surface area contributed by atoms with Crippen LogP contribution in [0.3, 0.4) is 0 Å². The van der Waals surface area contributed by atoms with Gasteiger partial charge in [-0.15, -0.1) is 5.10 Å². The highest BCUT2D eigenvalue weighted by molar-refractivity contribution is 5.68. The zero-order chi connectivity index (χ0) is 22.1. The first-order chi connectivity index (χ1) is 15.6. The Morgan fingerprint density at radius 3 is 2.56 bits per heavy atom. The molecule has 0 amide bonds. The predicted octanol–water partition coefficient (Wildman–Crippen LogP) is 2.24. The minimum Gasteiger partial charge on any atom is -0.390 e. The van der Waals surface area contributed by atoms with Gasteiger partial charge in [-0.3, -0.25) is 9.36 Å². The maximum Gasteiger partial charge on any atom is 0.437 e. The number of rotatable bonds is 6. The van der Waals surface area contributed by atoms with E-state index >= 15 is 0 Å². The summed E-state index contributed by atoms with van der Waals surface area (Å²) in [6.45, 7) is 0.382. The van der Waals surface area contributed by atoms with Crippen molar-refractivity contribution < 1.29 is 4.42 Å². The van der Waals surface area contributed by atoms with Gasteiger partial charge in [0.1, 0.15) is 12.9 Å². The smallest absolute Gasteiger partial charge is 0.390 e. The Labute approximate surface area is 182 Å². The van der Waals surface area contributed by atoms with Crippen molar-refractivity contribution in [2.45, 2.75) is 19.5 Å². The van der Waals surface area contributed by atoms with Crippen LogP contribution in [0.2, 0.25) is 0 Å². The number of imidazole rings is 1. The standard InChI is InChI=1S/C23H20N6O3/c1-27-14-24-21-20(27)22(30)28(15-25-21)13-19-26-29(23(31)32-19)11-10-16-6-5-9-18(12-16)17-7-3-2-4-8-17/h2-9,12,14-15H,10-11,13H2,1H3. The van der Waals surface area contributed by atoms with Gasteiger partial charge in [0, 0.05) is 7.05 Å². The zero-order valence-corrected chi connectivity index (χ0v) is 17.4. The summed E-state index contributed by atoms with van der Waals surface area (Å²) >= 11 is 0. The molecular formula is C23H20N6O3. The molecule has 0 aliphatic heterocycles. The molecule has 3 heterocycles. The van der Waals surface area contributed by atoms with Gasteiger partial charge in [-0.05, 0) is 23.1 Å². The average Bonchev–Trinajstić information content (AvgIpc) is 3.37. The summed E-state index contributed by atoms with van der Waals surface area (Å²) in [5, 5.41) is 4.26. The quantitative estimate of drug-likeness (QED) is 0.411. The molecule has 5 rings (SSSR count). The summed E-state index contributed by atoms with van der Waals surface area (Å²) in [5.41, 5.74) is 3.83. The summed E-state index contributed by atoms with van der Waals surface area (Å²) in [4.78, 5) is 33.2. The van der Waals surface area contributed by atoms with Crippen molar-refractivity contribution >= 4 is 11.2 Å². The third-order valence-corrected chi connectivity index (χ3v) is 5.30. The van der Waals surface area contributed by atoms with E-state index in [1.54, 1.807) is 11.6 Å². The van der Waals surface area contributed by atoms with Crippen LogP contribution in [0.4, 0.5) is 0 Å². The van der Waals surface area contributed by atoms with Crippen LogP contribution in [0.5, 0.6) is 0 Å². The first-order valence-electron chi connectivity index (χ1n) is 10.2. The Morgan fingerprint density at radius 1 is 0.938 bits per heavy atom. The van der Waals surface area contributed by atoms with Gasteiger partial charge in [-0.2, -0.15) is 4.68 Å². The molecule has 160 valence electrons. The van der Waals surface area contributed by atoms with E-state index in [9.17, 15) is 9.59 Å². The minimum atomic E-state index is -0.554. The molecule has 0 saturated heterocycles. The second-order valence-corrected chi connectivity index (χ2v) is 7.51. The van der Waals surface area contributed by atoms with Crippen LogP contribution >= 0.6 is 0 Å². The van der Waals surface area contributed by atoms with E-state index in [4.69, 9.17) is 4.42 Å². The van der Waals surface area contributed by atoms with Gasteiger partial charge < -0.3 is 8.98 Å². The fraction of sp³-hybridized carbons (Fsp3) is 0.174. The fourth-order valence-corrected chi connectivity index (χ4v) is 3.66. The first-order valence-corrected chi connectivity index (χ1v) is 10.2. The summed E-state index contributed by atoms with van der Waals surface area (Å²) in [7, 11) is 1.73. The number of aryl methyl sites for hydroxylation is 3. The Bertz CT molecular complexity index is 1510. The highest BCUT2D eigenvalue weighted by Crippen LogP contribution is 2.20. The first kappa shape index (κ1) is 19.7. The zero-order valence-electron chi connectivity index (χ0n) is 17.4. The monoisotopic (exact) mass is 428 g/mol. The average molecular weight is 428 g/mol. The molecule has 0 radical (unpaired) electrons. The molecule has 0 N–H and O–H groups in total. The molecule has 32 heavy (non-hydrogen) atoms. The van der Waals surface area contributed by atoms with Crippen LogP contribution in [-0.4, -0.2) is 28.9 Å². The Hall–Kier alpha value is -4.27. The number of benzene rings is 2. The van der Waals surface area contributed by atoms with E-state index in [2.05, 4.69) is 39.3 Å². The third-order valence-electron chi connectivity index (χ3n) is 5.30. The number of fused-ring (bicyclic) bond motifs is 1. The van der Waals surface area contributed by atoms with Crippen LogP contribution in [0.1, 0.15) is 11.5 Å². The maximum absolute atomic E-state index is 12.7. The number of nitrogens with zero attached hydrogens (tertiary/aromatic N) is 6. The van der Waals surface area contributed by atoms with Gasteiger partial charge in [0.2, 0.25) is 5.89 Å². The molecule has 3 aromatic heterocycles. The lowest BCUT2D eigenvalue weighted by Crippen LogP contribution is -2.22. The van der Waals surface area contributed by atoms with Crippen molar-refractivity contribution in [1.82, 2.24) is 28.9 Å². The molecule has 0 spiro atoms. The normalized spacial score (nSPS) is 11.3. The summed E-state index contributed by atoms with van der Waals surface area (Å²) in [6.07, 6.45) is 3.53. The van der Waals surface area contributed by atoms with Crippen LogP contribution in [-0.2, 0) is 26.6 Å². The molecule has 0 aliphatic rings. The highest BCUT2D eigenvalue weighted by Gasteiger charge is 2.13. The molecule has 9 nitrogen and oxygen atoms in total. The van der Waals surface area contributed by atoms with E-state index < -0.39 is 5.76 Å². The van der Waals surface area contributed by atoms with Gasteiger partial charge in [0.05, 0.1) is 12.9 Å². The van der Waals surface area contributed by atoms with E-state index in [0.29, 0.717) is 24.1 Å². The Morgan fingerprint density at radius 2 is 1.72 bits per heavy atom. The Kier molecular flexibility index (Phi) is 4.98. The van der Waals surface area contributed by atoms with Gasteiger partial charge in [0.25, 0.3) is 5.56 Å². The van der Waals surface area contributed by atoms with Gasteiger partial charge in [0.15, 0.2) is 11.2 Å². The number of hydrogen-bond donors (Lipinski definition) is 0. The predicted molar refractivity (Wildman–Crippen MR) is 118 cm³/mol. The van der Waals surface area contributed by atoms with E-state index in [0.717, 1.165) is 16.7 Å². The molecule has 5 aromatic rings. The van der Waals surface area contributed by atoms with Gasteiger partial charge >= 0.3 is 5.76 Å². The van der Waals surface area contributed by atoms with Gasteiger partial charge in [-0.25, -0.2) is 14.8 Å². The molecular weight excluding hydrogens is 408 g/mol. The summed E-state index contributed by atoms with van der Waals surface area (Å²) < 4.78 is 9.51. The molecule has 9 heteroatoms. The summed E-state index contributed by atoms with van der Waals surface area (Å²) in [6, 6.07) is 18.3. The van der Waals surface area contributed by atoms with E-state index in [1.807, 2.05) is 30.3 Å². The topological polar surface area (TPSA) is 101 Å². The number of hydrogen-bond acceptors (Lipinski definition) is 6. The van der Waals surface area contributed by atoms with Gasteiger partial charge in [-0.1, -0.05) is 54.6 Å². The largest absolute Gasteiger partial charge is 0.437 e. The van der Waals surface area contributed by atoms with E-state index in [-0.39, 0.29) is 18.0 Å². The van der Waals surface area contributed by atoms with Crippen molar-refractivity contribution in [2.24, 2.45) is 7.05 Å². The van der Waals surface area contributed by atoms with Crippen molar-refractivity contribution in [2.75, 3.05) is 0 Å². The van der Waals surface area contributed by atoms with Crippen molar-refractivity contribution in [1.29, 1.82) is 0 Å². The summed E-state index contributed by atoms with van der Waals surface area (Å²) in [5.74, 6) is -0.403. The van der Waals surface area contributed by atoms with E-state index in [1.165, 1.54) is 21.9 Å². The third kappa shape index (κ3) is 3.76. The second kappa shape index (κ2) is 8.10. The minimum absolute atomic E-state index is 0.0126. The SMILES string of the molecule is Cn1cnc2ncn(Cc3nn(CCc4cccc(-c5ccccc5)c4)c(=O)o3)c(=O)c21. The van der Waals surface area contributed by atoms with Crippen molar-refractivity contribution in [3.8, 4) is 11.1 Å². The van der Waals surface area contributed by atoms with Crippen LogP contribution in [0.25, 0.3) is 22.3 Å². The molecule has 0 aliphatic carbocycles.